The van der Waals surface area contributed by atoms with Crippen LogP contribution in [0.15, 0.2) is 24.8 Å². The number of carbonyl (C=O) groups is 1. The van der Waals surface area contributed by atoms with Crippen molar-refractivity contribution in [2.75, 3.05) is 5.32 Å². The molecule has 2 aromatic rings. The molecule has 88 valence electrons. The zero-order valence-electron chi connectivity index (χ0n) is 9.66. The molecule has 2 aromatic heterocycles. The van der Waals surface area contributed by atoms with Crippen molar-refractivity contribution in [3.63, 3.8) is 0 Å². The van der Waals surface area contributed by atoms with Crippen LogP contribution in [0.1, 0.15) is 24.3 Å². The molecule has 2 heterocycles. The standard InChI is InChI=1S/C11H13N5O/c1-8(2)13-11-14-9(6-17)5-10(15-11)16-4-3-12-7-16/h3-8H,1-2H3,(H,13,14,15). The summed E-state index contributed by atoms with van der Waals surface area (Å²) < 4.78 is 1.72. The number of nitrogens with one attached hydrogen (secondary N) is 1. The van der Waals surface area contributed by atoms with Gasteiger partial charge in [0, 0.05) is 24.5 Å². The summed E-state index contributed by atoms with van der Waals surface area (Å²) in [7, 11) is 0. The maximum atomic E-state index is 10.8. The van der Waals surface area contributed by atoms with E-state index in [0.717, 1.165) is 0 Å². The zero-order chi connectivity index (χ0) is 12.3. The average Bonchev–Trinajstić information content (AvgIpc) is 2.81. The number of hydrogen-bond donors (Lipinski definition) is 1. The lowest BCUT2D eigenvalue weighted by atomic mass is 10.4. The number of nitrogens with zero attached hydrogens (tertiary/aromatic N) is 4. The van der Waals surface area contributed by atoms with Crippen LogP contribution in [0.3, 0.4) is 0 Å². The third kappa shape index (κ3) is 2.66. The van der Waals surface area contributed by atoms with E-state index < -0.39 is 0 Å². The molecule has 0 saturated heterocycles. The van der Waals surface area contributed by atoms with Gasteiger partial charge in [-0.1, -0.05) is 0 Å². The summed E-state index contributed by atoms with van der Waals surface area (Å²) in [5.41, 5.74) is 0.340. The predicted molar refractivity (Wildman–Crippen MR) is 63.3 cm³/mol. The minimum absolute atomic E-state index is 0.201. The summed E-state index contributed by atoms with van der Waals surface area (Å²) >= 11 is 0. The highest BCUT2D eigenvalue weighted by molar-refractivity contribution is 5.73. The molecular formula is C11H13N5O. The van der Waals surface area contributed by atoms with E-state index in [2.05, 4.69) is 20.3 Å². The lowest BCUT2D eigenvalue weighted by molar-refractivity contribution is 0.111. The smallest absolute Gasteiger partial charge is 0.225 e. The summed E-state index contributed by atoms with van der Waals surface area (Å²) in [5.74, 6) is 1.05. The second-order valence-electron chi connectivity index (χ2n) is 3.86. The molecule has 0 unspecified atom stereocenters. The van der Waals surface area contributed by atoms with Gasteiger partial charge in [-0.2, -0.15) is 4.98 Å². The van der Waals surface area contributed by atoms with E-state index in [0.29, 0.717) is 23.7 Å². The molecule has 0 aromatic carbocycles. The molecule has 0 aliphatic rings. The second kappa shape index (κ2) is 4.73. The fourth-order valence-electron chi connectivity index (χ4n) is 1.36. The van der Waals surface area contributed by atoms with E-state index in [1.165, 1.54) is 0 Å². The zero-order valence-corrected chi connectivity index (χ0v) is 9.66. The Balaban J connectivity index is 2.42. The Hall–Kier alpha value is -2.24. The number of aldehydes is 1. The van der Waals surface area contributed by atoms with Crippen molar-refractivity contribution < 1.29 is 4.79 Å². The Morgan fingerprint density at radius 2 is 2.24 bits per heavy atom. The maximum absolute atomic E-state index is 10.8. The number of hydrogen-bond acceptors (Lipinski definition) is 5. The predicted octanol–water partition coefficient (Wildman–Crippen LogP) is 1.30. The largest absolute Gasteiger partial charge is 0.352 e. The van der Waals surface area contributed by atoms with Crippen LogP contribution in [-0.4, -0.2) is 31.8 Å². The number of imidazole rings is 1. The molecule has 6 heteroatoms. The van der Waals surface area contributed by atoms with Crippen LogP contribution in [0.25, 0.3) is 5.82 Å². The maximum Gasteiger partial charge on any atom is 0.225 e. The number of aromatic nitrogens is 4. The van der Waals surface area contributed by atoms with Gasteiger partial charge in [-0.15, -0.1) is 0 Å². The fourth-order valence-corrected chi connectivity index (χ4v) is 1.36. The van der Waals surface area contributed by atoms with Crippen LogP contribution in [0.5, 0.6) is 0 Å². The third-order valence-electron chi connectivity index (χ3n) is 2.04. The molecule has 6 nitrogen and oxygen atoms in total. The van der Waals surface area contributed by atoms with Crippen LogP contribution >= 0.6 is 0 Å². The van der Waals surface area contributed by atoms with Crippen molar-refractivity contribution in [2.45, 2.75) is 19.9 Å². The highest BCUT2D eigenvalue weighted by atomic mass is 16.1. The summed E-state index contributed by atoms with van der Waals surface area (Å²) in [6.07, 6.45) is 5.73. The van der Waals surface area contributed by atoms with Gasteiger partial charge in [-0.25, -0.2) is 9.97 Å². The normalized spacial score (nSPS) is 10.5. The van der Waals surface area contributed by atoms with Crippen LogP contribution < -0.4 is 5.32 Å². The van der Waals surface area contributed by atoms with E-state index in [1.54, 1.807) is 29.4 Å². The van der Waals surface area contributed by atoms with E-state index in [-0.39, 0.29) is 6.04 Å². The first-order chi connectivity index (χ1) is 8.19. The SMILES string of the molecule is CC(C)Nc1nc(C=O)cc(-n2ccnc2)n1. The first kappa shape index (κ1) is 11.3. The van der Waals surface area contributed by atoms with Crippen molar-refractivity contribution in [3.05, 3.63) is 30.5 Å². The molecule has 0 spiro atoms. The molecular weight excluding hydrogens is 218 g/mol. The van der Waals surface area contributed by atoms with Gasteiger partial charge in [0.2, 0.25) is 5.95 Å². The topological polar surface area (TPSA) is 72.7 Å². The van der Waals surface area contributed by atoms with Crippen molar-refractivity contribution >= 4 is 12.2 Å². The van der Waals surface area contributed by atoms with E-state index >= 15 is 0 Å². The van der Waals surface area contributed by atoms with Crippen molar-refractivity contribution in [1.29, 1.82) is 0 Å². The minimum Gasteiger partial charge on any atom is -0.352 e. The van der Waals surface area contributed by atoms with Crippen LogP contribution in [0, 0.1) is 0 Å². The monoisotopic (exact) mass is 231 g/mol. The molecule has 0 fully saturated rings. The molecule has 2 rings (SSSR count). The third-order valence-corrected chi connectivity index (χ3v) is 2.04. The van der Waals surface area contributed by atoms with E-state index in [9.17, 15) is 4.79 Å². The summed E-state index contributed by atoms with van der Waals surface area (Å²) in [6, 6.07) is 1.81. The van der Waals surface area contributed by atoms with Gasteiger partial charge < -0.3 is 5.32 Å². The molecule has 1 N–H and O–H groups in total. The lowest BCUT2D eigenvalue weighted by Gasteiger charge is -2.10. The van der Waals surface area contributed by atoms with Gasteiger partial charge in [0.1, 0.15) is 17.8 Å². The minimum atomic E-state index is 0.201. The molecule has 0 radical (unpaired) electrons. The Kier molecular flexibility index (Phi) is 3.13. The van der Waals surface area contributed by atoms with Gasteiger partial charge in [0.25, 0.3) is 0 Å². The highest BCUT2D eigenvalue weighted by Gasteiger charge is 2.06. The second-order valence-corrected chi connectivity index (χ2v) is 3.86. The van der Waals surface area contributed by atoms with Gasteiger partial charge >= 0.3 is 0 Å². The van der Waals surface area contributed by atoms with E-state index in [4.69, 9.17) is 0 Å². The van der Waals surface area contributed by atoms with Gasteiger partial charge in [-0.05, 0) is 13.8 Å². The summed E-state index contributed by atoms with van der Waals surface area (Å²) in [5, 5.41) is 3.07. The first-order valence-electron chi connectivity index (χ1n) is 5.28. The van der Waals surface area contributed by atoms with Gasteiger partial charge in [-0.3, -0.25) is 9.36 Å². The van der Waals surface area contributed by atoms with Crippen molar-refractivity contribution in [2.24, 2.45) is 0 Å². The van der Waals surface area contributed by atoms with Crippen molar-refractivity contribution in [1.82, 2.24) is 19.5 Å². The van der Waals surface area contributed by atoms with Gasteiger partial charge in [0.05, 0.1) is 0 Å². The summed E-state index contributed by atoms with van der Waals surface area (Å²) in [6.45, 7) is 3.96. The quantitative estimate of drug-likeness (QED) is 0.803. The molecule has 0 atom stereocenters. The van der Waals surface area contributed by atoms with Crippen LogP contribution in [0.2, 0.25) is 0 Å². The Morgan fingerprint density at radius 1 is 1.41 bits per heavy atom. The number of anilines is 1. The highest BCUT2D eigenvalue weighted by Crippen LogP contribution is 2.09. The number of rotatable bonds is 4. The first-order valence-corrected chi connectivity index (χ1v) is 5.28. The molecule has 0 amide bonds. The molecule has 0 saturated carbocycles. The van der Waals surface area contributed by atoms with Crippen LogP contribution in [-0.2, 0) is 0 Å². The fraction of sp³-hybridized carbons (Fsp3) is 0.273. The Bertz CT molecular complexity index is 507. The molecule has 17 heavy (non-hydrogen) atoms. The Labute approximate surface area is 98.7 Å². The Morgan fingerprint density at radius 3 is 2.82 bits per heavy atom. The lowest BCUT2D eigenvalue weighted by Crippen LogP contribution is -2.14. The van der Waals surface area contributed by atoms with Crippen molar-refractivity contribution in [3.8, 4) is 5.82 Å². The summed E-state index contributed by atoms with van der Waals surface area (Å²) in [4.78, 5) is 23.1. The molecule has 0 bridgehead atoms. The molecule has 0 aliphatic carbocycles. The molecule has 0 aliphatic heterocycles. The van der Waals surface area contributed by atoms with Crippen LogP contribution in [0.4, 0.5) is 5.95 Å². The number of carbonyl (C=O) groups excluding carboxylic acids is 1. The van der Waals surface area contributed by atoms with E-state index in [1.807, 2.05) is 13.8 Å². The average molecular weight is 231 g/mol. The van der Waals surface area contributed by atoms with Gasteiger partial charge in [0.15, 0.2) is 6.29 Å².